The molecule has 4 heterocycles. The highest BCUT2D eigenvalue weighted by atomic mass is 32.2. The summed E-state index contributed by atoms with van der Waals surface area (Å²) in [6.45, 7) is 4.68. The molecule has 0 radical (unpaired) electrons. The quantitative estimate of drug-likeness (QED) is 0.360. The predicted molar refractivity (Wildman–Crippen MR) is 148 cm³/mol. The topological polar surface area (TPSA) is 102 Å². The molecule has 10 nitrogen and oxygen atoms in total. The zero-order valence-electron chi connectivity index (χ0n) is 21.5. The standard InChI is InChI=1S/C25H32N4O6S3/c1-33-19-8-9-20(34-2)23-22(19)26-25(37-23)28(11-5-10-27-13-15-35-16-14-27)24(30)18-6-3-12-29(18)38(31,32)21-7-4-17-36-21/h4,7-9,17-18H,3,5-6,10-16H2,1-2H3. The molecular weight excluding hydrogens is 548 g/mol. The number of hydrogen-bond acceptors (Lipinski definition) is 10. The molecule has 5 rings (SSSR count). The van der Waals surface area contributed by atoms with E-state index in [1.165, 1.54) is 27.0 Å². The Balaban J connectivity index is 1.46. The second-order valence-electron chi connectivity index (χ2n) is 9.15. The van der Waals surface area contributed by atoms with Gasteiger partial charge in [-0.3, -0.25) is 14.6 Å². The number of benzene rings is 1. The lowest BCUT2D eigenvalue weighted by atomic mass is 10.2. The number of methoxy groups -OCH3 is 2. The van der Waals surface area contributed by atoms with Crippen molar-refractivity contribution in [3.05, 3.63) is 29.6 Å². The van der Waals surface area contributed by atoms with Crippen LogP contribution in [0.5, 0.6) is 11.5 Å². The average molecular weight is 581 g/mol. The van der Waals surface area contributed by atoms with Crippen LogP contribution in [-0.4, -0.2) is 94.7 Å². The largest absolute Gasteiger partial charge is 0.495 e. The first-order valence-corrected chi connectivity index (χ1v) is 15.8. The van der Waals surface area contributed by atoms with Crippen molar-refractivity contribution in [1.29, 1.82) is 0 Å². The summed E-state index contributed by atoms with van der Waals surface area (Å²) in [6.07, 6.45) is 1.82. The molecule has 0 N–H and O–H groups in total. The Bertz CT molecular complexity index is 1310. The molecule has 2 aliphatic rings. The number of carbonyl (C=O) groups excluding carboxylic acids is 1. The molecule has 1 atom stereocenters. The summed E-state index contributed by atoms with van der Waals surface area (Å²) in [6, 6.07) is 6.14. The van der Waals surface area contributed by atoms with Crippen LogP contribution in [0, 0.1) is 0 Å². The van der Waals surface area contributed by atoms with Crippen LogP contribution in [0.25, 0.3) is 10.2 Å². The molecule has 13 heteroatoms. The van der Waals surface area contributed by atoms with Crippen molar-refractivity contribution in [3.8, 4) is 11.5 Å². The fraction of sp³-hybridized carbons (Fsp3) is 0.520. The van der Waals surface area contributed by atoms with Gasteiger partial charge in [0.05, 0.1) is 27.4 Å². The summed E-state index contributed by atoms with van der Waals surface area (Å²) in [5, 5.41) is 2.25. The highest BCUT2D eigenvalue weighted by Gasteiger charge is 2.42. The lowest BCUT2D eigenvalue weighted by molar-refractivity contribution is -0.121. The number of morpholine rings is 1. The number of hydrogen-bond donors (Lipinski definition) is 0. The van der Waals surface area contributed by atoms with E-state index in [0.29, 0.717) is 61.3 Å². The van der Waals surface area contributed by atoms with Gasteiger partial charge in [0.25, 0.3) is 10.0 Å². The number of carbonyl (C=O) groups is 1. The Kier molecular flexibility index (Phi) is 8.50. The lowest BCUT2D eigenvalue weighted by Gasteiger charge is -2.30. The maximum absolute atomic E-state index is 14.1. The van der Waals surface area contributed by atoms with E-state index >= 15 is 0 Å². The minimum absolute atomic E-state index is 0.249. The van der Waals surface area contributed by atoms with E-state index in [-0.39, 0.29) is 10.1 Å². The van der Waals surface area contributed by atoms with Gasteiger partial charge in [0, 0.05) is 32.7 Å². The summed E-state index contributed by atoms with van der Waals surface area (Å²) in [5.41, 5.74) is 0.618. The fourth-order valence-electron chi connectivity index (χ4n) is 4.95. The van der Waals surface area contributed by atoms with Gasteiger partial charge in [-0.1, -0.05) is 17.4 Å². The van der Waals surface area contributed by atoms with E-state index in [2.05, 4.69) is 4.90 Å². The highest BCUT2D eigenvalue weighted by molar-refractivity contribution is 7.91. The second kappa shape index (κ2) is 11.8. The van der Waals surface area contributed by atoms with Crippen LogP contribution in [0.2, 0.25) is 0 Å². The van der Waals surface area contributed by atoms with Gasteiger partial charge < -0.3 is 14.2 Å². The van der Waals surface area contributed by atoms with Crippen molar-refractivity contribution >= 4 is 54.0 Å². The van der Waals surface area contributed by atoms with Crippen molar-refractivity contribution in [2.75, 3.05) is 65.1 Å². The number of anilines is 1. The van der Waals surface area contributed by atoms with Crippen molar-refractivity contribution in [1.82, 2.24) is 14.2 Å². The average Bonchev–Trinajstić information content (AvgIpc) is 3.72. The smallest absolute Gasteiger partial charge is 0.253 e. The molecule has 0 aliphatic carbocycles. The van der Waals surface area contributed by atoms with E-state index in [4.69, 9.17) is 19.2 Å². The molecule has 2 aliphatic heterocycles. The third-order valence-electron chi connectivity index (χ3n) is 6.90. The van der Waals surface area contributed by atoms with Crippen molar-refractivity contribution in [3.63, 3.8) is 0 Å². The van der Waals surface area contributed by atoms with Gasteiger partial charge in [-0.25, -0.2) is 13.4 Å². The molecule has 2 saturated heterocycles. The molecule has 3 aromatic rings. The molecule has 0 spiro atoms. The van der Waals surface area contributed by atoms with E-state index in [9.17, 15) is 13.2 Å². The molecule has 38 heavy (non-hydrogen) atoms. The number of thiophene rings is 1. The molecule has 1 amide bonds. The maximum Gasteiger partial charge on any atom is 0.253 e. The van der Waals surface area contributed by atoms with Crippen LogP contribution >= 0.6 is 22.7 Å². The second-order valence-corrected chi connectivity index (χ2v) is 13.2. The molecule has 2 fully saturated rings. The Morgan fingerprint density at radius 1 is 1.16 bits per heavy atom. The lowest BCUT2D eigenvalue weighted by Crippen LogP contribution is -2.48. The van der Waals surface area contributed by atoms with Crippen LogP contribution in [0.4, 0.5) is 5.13 Å². The summed E-state index contributed by atoms with van der Waals surface area (Å²) in [7, 11) is -0.588. The Labute approximate surface area is 230 Å². The van der Waals surface area contributed by atoms with Crippen molar-refractivity contribution in [2.24, 2.45) is 0 Å². The molecule has 206 valence electrons. The first-order valence-electron chi connectivity index (χ1n) is 12.6. The zero-order chi connectivity index (χ0) is 26.7. The number of sulfonamides is 1. The van der Waals surface area contributed by atoms with Crippen LogP contribution in [-0.2, 0) is 19.6 Å². The van der Waals surface area contributed by atoms with Crippen LogP contribution in [0.1, 0.15) is 19.3 Å². The summed E-state index contributed by atoms with van der Waals surface area (Å²) < 4.78 is 45.7. The van der Waals surface area contributed by atoms with E-state index in [1.807, 2.05) is 6.07 Å². The van der Waals surface area contributed by atoms with E-state index in [0.717, 1.165) is 30.8 Å². The number of fused-ring (bicyclic) bond motifs is 1. The van der Waals surface area contributed by atoms with Gasteiger partial charge >= 0.3 is 0 Å². The monoisotopic (exact) mass is 580 g/mol. The van der Waals surface area contributed by atoms with Gasteiger partial charge in [0.1, 0.15) is 32.0 Å². The number of nitrogens with zero attached hydrogens (tertiary/aromatic N) is 4. The Morgan fingerprint density at radius 3 is 2.63 bits per heavy atom. The van der Waals surface area contributed by atoms with Crippen LogP contribution < -0.4 is 14.4 Å². The molecule has 1 unspecified atom stereocenters. The minimum atomic E-state index is -3.76. The maximum atomic E-state index is 14.1. The van der Waals surface area contributed by atoms with Gasteiger partial charge in [-0.2, -0.15) is 4.31 Å². The number of ether oxygens (including phenoxy) is 3. The van der Waals surface area contributed by atoms with Gasteiger partial charge in [-0.15, -0.1) is 11.3 Å². The Hall–Kier alpha value is -2.29. The SMILES string of the molecule is COc1ccc(OC)c2sc(N(CCCN3CCOCC3)C(=O)C3CCCN3S(=O)(=O)c3cccs3)nc12. The normalized spacial score (nSPS) is 19.2. The third kappa shape index (κ3) is 5.40. The first kappa shape index (κ1) is 27.3. The molecule has 0 bridgehead atoms. The number of aromatic nitrogens is 1. The van der Waals surface area contributed by atoms with Crippen molar-refractivity contribution in [2.45, 2.75) is 29.5 Å². The fourth-order valence-corrected chi connectivity index (χ4v) is 8.82. The van der Waals surface area contributed by atoms with E-state index < -0.39 is 16.1 Å². The summed E-state index contributed by atoms with van der Waals surface area (Å²) in [5.74, 6) is 0.987. The molecular formula is C25H32N4O6S3. The number of thiazole rings is 1. The van der Waals surface area contributed by atoms with Gasteiger partial charge in [0.2, 0.25) is 5.91 Å². The van der Waals surface area contributed by atoms with Crippen LogP contribution in [0.15, 0.2) is 33.9 Å². The first-order chi connectivity index (χ1) is 18.4. The summed E-state index contributed by atoms with van der Waals surface area (Å²) >= 11 is 2.52. The Morgan fingerprint density at radius 2 is 1.92 bits per heavy atom. The number of amides is 1. The van der Waals surface area contributed by atoms with Gasteiger partial charge in [-0.05, 0) is 42.8 Å². The van der Waals surface area contributed by atoms with Gasteiger partial charge in [0.15, 0.2) is 5.13 Å². The molecule has 2 aromatic heterocycles. The van der Waals surface area contributed by atoms with Crippen molar-refractivity contribution < 1.29 is 27.4 Å². The van der Waals surface area contributed by atoms with E-state index in [1.54, 1.807) is 42.7 Å². The highest BCUT2D eigenvalue weighted by Crippen LogP contribution is 2.41. The molecule has 0 saturated carbocycles. The minimum Gasteiger partial charge on any atom is -0.495 e. The predicted octanol–water partition coefficient (Wildman–Crippen LogP) is 3.28. The third-order valence-corrected chi connectivity index (χ3v) is 11.3. The summed E-state index contributed by atoms with van der Waals surface area (Å²) in [4.78, 5) is 22.9. The number of rotatable bonds is 10. The molecule has 1 aromatic carbocycles. The van der Waals surface area contributed by atoms with Crippen LogP contribution in [0.3, 0.4) is 0 Å². The zero-order valence-corrected chi connectivity index (χ0v) is 23.9.